The zero-order chi connectivity index (χ0) is 17.2. The topological polar surface area (TPSA) is 105 Å². The van der Waals surface area contributed by atoms with Crippen LogP contribution in [0.25, 0.3) is 11.2 Å². The number of nitrogens with zero attached hydrogens (tertiary/aromatic N) is 4. The number of fused-ring (bicyclic) bond motifs is 1. The average Bonchev–Trinajstić information content (AvgIpc) is 3.02. The predicted molar refractivity (Wildman–Crippen MR) is 91.3 cm³/mol. The second-order valence-corrected chi connectivity index (χ2v) is 6.00. The van der Waals surface area contributed by atoms with Gasteiger partial charge in [-0.1, -0.05) is 12.1 Å². The first kappa shape index (κ1) is 15.6. The molecule has 0 bridgehead atoms. The summed E-state index contributed by atoms with van der Waals surface area (Å²) in [6.07, 6.45) is 6.06. The molecule has 3 heterocycles. The molecule has 1 aromatic carbocycles. The van der Waals surface area contributed by atoms with Gasteiger partial charge >= 0.3 is 0 Å². The molecule has 0 radical (unpaired) electrons. The van der Waals surface area contributed by atoms with Gasteiger partial charge in [-0.05, 0) is 25.3 Å². The van der Waals surface area contributed by atoms with Gasteiger partial charge in [0.15, 0.2) is 17.1 Å². The molecule has 0 spiro atoms. The van der Waals surface area contributed by atoms with E-state index < -0.39 is 0 Å². The minimum atomic E-state index is -0.144. The lowest BCUT2D eigenvalue weighted by Crippen LogP contribution is -2.20. The van der Waals surface area contributed by atoms with Crippen molar-refractivity contribution < 1.29 is 14.9 Å². The molecule has 1 saturated heterocycles. The molecular formula is C17H19N5O3. The highest BCUT2D eigenvalue weighted by atomic mass is 16.5. The second-order valence-electron chi connectivity index (χ2n) is 6.00. The van der Waals surface area contributed by atoms with E-state index >= 15 is 0 Å². The van der Waals surface area contributed by atoms with Crippen LogP contribution in [0.3, 0.4) is 0 Å². The third-order valence-electron chi connectivity index (χ3n) is 4.33. The maximum Gasteiger partial charge on any atom is 0.207 e. The third-order valence-corrected chi connectivity index (χ3v) is 4.33. The van der Waals surface area contributed by atoms with Crippen molar-refractivity contribution in [3.8, 4) is 11.5 Å². The number of anilines is 1. The van der Waals surface area contributed by atoms with Crippen LogP contribution in [-0.2, 0) is 11.3 Å². The fourth-order valence-electron chi connectivity index (χ4n) is 3.07. The smallest absolute Gasteiger partial charge is 0.207 e. The minimum absolute atomic E-state index is 0.131. The Hall–Kier alpha value is -2.87. The predicted octanol–water partition coefficient (Wildman–Crippen LogP) is 2.55. The molecule has 8 nitrogen and oxygen atoms in total. The van der Waals surface area contributed by atoms with Crippen LogP contribution in [0.1, 0.15) is 31.1 Å². The van der Waals surface area contributed by atoms with Crippen molar-refractivity contribution in [1.29, 1.82) is 0 Å². The van der Waals surface area contributed by atoms with Gasteiger partial charge in [-0.25, -0.2) is 15.0 Å². The van der Waals surface area contributed by atoms with Gasteiger partial charge in [-0.3, -0.25) is 4.57 Å². The maximum absolute atomic E-state index is 9.97. The molecule has 1 aliphatic rings. The lowest BCUT2D eigenvalue weighted by Gasteiger charge is -2.25. The van der Waals surface area contributed by atoms with Crippen molar-refractivity contribution in [3.63, 3.8) is 0 Å². The molecule has 2 aromatic heterocycles. The summed E-state index contributed by atoms with van der Waals surface area (Å²) in [6.45, 7) is 1.02. The van der Waals surface area contributed by atoms with Crippen LogP contribution >= 0.6 is 0 Å². The number of rotatable bonds is 4. The SMILES string of the molecule is Oc1cccc(CNc2nc3cncnc3n2C2CCCCO2)c1O. The van der Waals surface area contributed by atoms with E-state index in [-0.39, 0.29) is 17.7 Å². The Labute approximate surface area is 144 Å². The first-order valence-corrected chi connectivity index (χ1v) is 8.27. The summed E-state index contributed by atoms with van der Waals surface area (Å²) < 4.78 is 7.84. The number of aromatic hydroxyl groups is 2. The van der Waals surface area contributed by atoms with E-state index in [4.69, 9.17) is 4.74 Å². The van der Waals surface area contributed by atoms with Crippen LogP contribution in [0.5, 0.6) is 11.5 Å². The van der Waals surface area contributed by atoms with E-state index in [0.29, 0.717) is 35.8 Å². The molecule has 1 aliphatic heterocycles. The summed E-state index contributed by atoms with van der Waals surface area (Å²) in [6, 6.07) is 4.87. The third kappa shape index (κ3) is 2.96. The highest BCUT2D eigenvalue weighted by Crippen LogP contribution is 2.31. The van der Waals surface area contributed by atoms with Crippen molar-refractivity contribution in [1.82, 2.24) is 19.5 Å². The molecule has 3 N–H and O–H groups in total. The number of aromatic nitrogens is 4. The van der Waals surface area contributed by atoms with Crippen LogP contribution in [0, 0.1) is 0 Å². The largest absolute Gasteiger partial charge is 0.504 e. The monoisotopic (exact) mass is 341 g/mol. The molecule has 130 valence electrons. The second kappa shape index (κ2) is 6.56. The number of imidazole rings is 1. The molecule has 1 unspecified atom stereocenters. The van der Waals surface area contributed by atoms with Crippen molar-refractivity contribution >= 4 is 17.1 Å². The molecule has 0 saturated carbocycles. The van der Waals surface area contributed by atoms with Gasteiger partial charge in [0.2, 0.25) is 5.95 Å². The number of nitrogens with one attached hydrogen (secondary N) is 1. The highest BCUT2D eigenvalue weighted by Gasteiger charge is 2.23. The fourth-order valence-corrected chi connectivity index (χ4v) is 3.07. The quantitative estimate of drug-likeness (QED) is 0.626. The zero-order valence-electron chi connectivity index (χ0n) is 13.6. The van der Waals surface area contributed by atoms with Crippen LogP contribution in [-0.4, -0.2) is 36.3 Å². The molecule has 4 rings (SSSR count). The fraction of sp³-hybridized carbons (Fsp3) is 0.353. The van der Waals surface area contributed by atoms with E-state index in [2.05, 4.69) is 20.3 Å². The van der Waals surface area contributed by atoms with Gasteiger partial charge in [0.1, 0.15) is 18.1 Å². The molecule has 1 fully saturated rings. The number of hydrogen-bond acceptors (Lipinski definition) is 7. The summed E-state index contributed by atoms with van der Waals surface area (Å²) in [7, 11) is 0. The van der Waals surface area contributed by atoms with Crippen LogP contribution in [0.2, 0.25) is 0 Å². The lowest BCUT2D eigenvalue weighted by molar-refractivity contribution is -0.0285. The summed E-state index contributed by atoms with van der Waals surface area (Å²) >= 11 is 0. The number of phenols is 2. The highest BCUT2D eigenvalue weighted by molar-refractivity contribution is 5.73. The summed E-state index contributed by atoms with van der Waals surface area (Å²) in [4.78, 5) is 12.9. The number of ether oxygens (including phenoxy) is 1. The molecular weight excluding hydrogens is 322 g/mol. The minimum Gasteiger partial charge on any atom is -0.504 e. The van der Waals surface area contributed by atoms with Crippen molar-refractivity contribution in [2.24, 2.45) is 0 Å². The molecule has 8 heteroatoms. The molecule has 0 amide bonds. The Kier molecular flexibility index (Phi) is 4.10. The van der Waals surface area contributed by atoms with Crippen molar-refractivity contribution in [2.45, 2.75) is 32.0 Å². The number of hydrogen-bond donors (Lipinski definition) is 3. The van der Waals surface area contributed by atoms with Crippen LogP contribution in [0.15, 0.2) is 30.7 Å². The van der Waals surface area contributed by atoms with Gasteiger partial charge in [0.25, 0.3) is 0 Å². The van der Waals surface area contributed by atoms with Crippen LogP contribution < -0.4 is 5.32 Å². The average molecular weight is 341 g/mol. The Morgan fingerprint density at radius 2 is 2.20 bits per heavy atom. The summed E-state index contributed by atoms with van der Waals surface area (Å²) in [5.74, 6) is 0.325. The number of para-hydroxylation sites is 1. The molecule has 25 heavy (non-hydrogen) atoms. The Balaban J connectivity index is 1.67. The van der Waals surface area contributed by atoms with Crippen molar-refractivity contribution in [3.05, 3.63) is 36.3 Å². The Morgan fingerprint density at radius 3 is 3.04 bits per heavy atom. The lowest BCUT2D eigenvalue weighted by atomic mass is 10.2. The standard InChI is InChI=1S/C17H19N5O3/c23-13-5-3-4-11(15(13)24)8-19-17-21-12-9-18-10-20-16(12)22(17)14-6-1-2-7-25-14/h3-5,9-10,14,23-24H,1-2,6-8H2,(H,19,21). The summed E-state index contributed by atoms with van der Waals surface area (Å²) in [5.41, 5.74) is 1.97. The van der Waals surface area contributed by atoms with Gasteiger partial charge in [-0.2, -0.15) is 0 Å². The Bertz CT molecular complexity index is 889. The van der Waals surface area contributed by atoms with Gasteiger partial charge in [0, 0.05) is 18.7 Å². The van der Waals surface area contributed by atoms with E-state index in [0.717, 1.165) is 19.3 Å². The van der Waals surface area contributed by atoms with E-state index in [1.54, 1.807) is 18.3 Å². The molecule has 1 atom stereocenters. The van der Waals surface area contributed by atoms with E-state index in [1.807, 2.05) is 4.57 Å². The van der Waals surface area contributed by atoms with Gasteiger partial charge < -0.3 is 20.3 Å². The van der Waals surface area contributed by atoms with Gasteiger partial charge in [-0.15, -0.1) is 0 Å². The van der Waals surface area contributed by atoms with Crippen LogP contribution in [0.4, 0.5) is 5.95 Å². The van der Waals surface area contributed by atoms with Crippen molar-refractivity contribution in [2.75, 3.05) is 11.9 Å². The normalized spacial score (nSPS) is 17.7. The molecule has 0 aliphatic carbocycles. The molecule has 3 aromatic rings. The van der Waals surface area contributed by atoms with Gasteiger partial charge in [0.05, 0.1) is 6.20 Å². The Morgan fingerprint density at radius 1 is 1.28 bits per heavy atom. The zero-order valence-corrected chi connectivity index (χ0v) is 13.6. The van der Waals surface area contributed by atoms with E-state index in [1.165, 1.54) is 12.4 Å². The van der Waals surface area contributed by atoms with E-state index in [9.17, 15) is 10.2 Å². The maximum atomic E-state index is 9.97. The first-order valence-electron chi connectivity index (χ1n) is 8.27. The number of phenolic OH excluding ortho intramolecular Hbond substituents is 2. The summed E-state index contributed by atoms with van der Waals surface area (Å²) in [5, 5.41) is 22.8. The number of benzene rings is 1. The first-order chi connectivity index (χ1) is 12.2.